The van der Waals surface area contributed by atoms with E-state index in [1.165, 1.54) is 0 Å². The van der Waals surface area contributed by atoms with Crippen molar-refractivity contribution in [2.75, 3.05) is 6.54 Å². The van der Waals surface area contributed by atoms with Gasteiger partial charge in [0.05, 0.1) is 0 Å². The average molecular weight is 297 g/mol. The summed E-state index contributed by atoms with van der Waals surface area (Å²) in [6.45, 7) is 2.40. The number of carbonyl (C=O) groups excluding carboxylic acids is 2. The molecule has 2 aliphatic rings. The first-order valence-electron chi connectivity index (χ1n) is 7.50. The van der Waals surface area contributed by atoms with Crippen LogP contribution in [0.15, 0.2) is 0 Å². The molecular formula is C14H23N3O4. The van der Waals surface area contributed by atoms with Crippen molar-refractivity contribution in [3.05, 3.63) is 0 Å². The van der Waals surface area contributed by atoms with Crippen molar-refractivity contribution in [1.82, 2.24) is 16.0 Å². The van der Waals surface area contributed by atoms with Gasteiger partial charge in [0.2, 0.25) is 5.91 Å². The van der Waals surface area contributed by atoms with Crippen LogP contribution in [0.5, 0.6) is 0 Å². The molecule has 1 saturated heterocycles. The second kappa shape index (κ2) is 6.32. The highest BCUT2D eigenvalue weighted by atomic mass is 16.4. The van der Waals surface area contributed by atoms with E-state index in [2.05, 4.69) is 16.0 Å². The Morgan fingerprint density at radius 2 is 2.14 bits per heavy atom. The standard InChI is InChI=1S/C14H23N3O4/c1-9-3-2-6-14(7-9,12(19)20)17-13(21)16-10-4-5-11(18)15-8-10/h9-10H,2-8H2,1H3,(H,15,18)(H,19,20)(H2,16,17,21). The Balaban J connectivity index is 1.92. The number of carboxylic acids is 1. The molecule has 2 fully saturated rings. The number of piperidine rings is 1. The third kappa shape index (κ3) is 3.86. The fourth-order valence-electron chi connectivity index (χ4n) is 3.21. The summed E-state index contributed by atoms with van der Waals surface area (Å²) in [5, 5.41) is 17.6. The largest absolute Gasteiger partial charge is 0.480 e. The van der Waals surface area contributed by atoms with E-state index in [-0.39, 0.29) is 17.9 Å². The van der Waals surface area contributed by atoms with Crippen LogP contribution in [0.1, 0.15) is 45.4 Å². The van der Waals surface area contributed by atoms with E-state index in [0.717, 1.165) is 12.8 Å². The topological polar surface area (TPSA) is 108 Å². The molecule has 0 aromatic rings. The van der Waals surface area contributed by atoms with Crippen molar-refractivity contribution < 1.29 is 19.5 Å². The van der Waals surface area contributed by atoms with Gasteiger partial charge in [-0.05, 0) is 25.2 Å². The number of rotatable bonds is 3. The molecule has 0 radical (unpaired) electrons. The minimum atomic E-state index is -1.17. The number of urea groups is 1. The first-order chi connectivity index (χ1) is 9.91. The second-order valence-corrected chi connectivity index (χ2v) is 6.23. The third-order valence-corrected chi connectivity index (χ3v) is 4.36. The van der Waals surface area contributed by atoms with Crippen LogP contribution in [0.4, 0.5) is 4.79 Å². The van der Waals surface area contributed by atoms with Gasteiger partial charge in [-0.1, -0.05) is 19.8 Å². The Labute approximate surface area is 123 Å². The lowest BCUT2D eigenvalue weighted by Crippen LogP contribution is -2.61. The van der Waals surface area contributed by atoms with Crippen molar-refractivity contribution >= 4 is 17.9 Å². The van der Waals surface area contributed by atoms with Crippen LogP contribution in [0.25, 0.3) is 0 Å². The van der Waals surface area contributed by atoms with Crippen LogP contribution in [-0.4, -0.2) is 41.1 Å². The van der Waals surface area contributed by atoms with Crippen molar-refractivity contribution in [3.63, 3.8) is 0 Å². The lowest BCUT2D eigenvalue weighted by molar-refractivity contribution is -0.146. The zero-order chi connectivity index (χ0) is 15.5. The fraction of sp³-hybridized carbons (Fsp3) is 0.786. The Hall–Kier alpha value is -1.79. The predicted octanol–water partition coefficient (Wildman–Crippen LogP) is 0.598. The molecule has 4 N–H and O–H groups in total. The third-order valence-electron chi connectivity index (χ3n) is 4.36. The maximum Gasteiger partial charge on any atom is 0.329 e. The molecule has 1 saturated carbocycles. The summed E-state index contributed by atoms with van der Waals surface area (Å²) in [7, 11) is 0. The molecule has 21 heavy (non-hydrogen) atoms. The van der Waals surface area contributed by atoms with E-state index < -0.39 is 17.5 Å². The van der Waals surface area contributed by atoms with Crippen LogP contribution < -0.4 is 16.0 Å². The van der Waals surface area contributed by atoms with Gasteiger partial charge in [0.1, 0.15) is 5.54 Å². The molecule has 1 aliphatic heterocycles. The number of hydrogen-bond acceptors (Lipinski definition) is 3. The maximum atomic E-state index is 12.1. The van der Waals surface area contributed by atoms with Crippen molar-refractivity contribution in [1.29, 1.82) is 0 Å². The SMILES string of the molecule is CC1CCCC(NC(=O)NC2CCC(=O)NC2)(C(=O)O)C1. The van der Waals surface area contributed by atoms with E-state index in [0.29, 0.717) is 32.2 Å². The number of carboxylic acid groups (broad SMARTS) is 1. The van der Waals surface area contributed by atoms with Gasteiger partial charge in [-0.25, -0.2) is 9.59 Å². The molecule has 3 amide bonds. The van der Waals surface area contributed by atoms with Gasteiger partial charge >= 0.3 is 12.0 Å². The number of hydrogen-bond donors (Lipinski definition) is 4. The summed E-state index contributed by atoms with van der Waals surface area (Å²) in [5.41, 5.74) is -1.17. The van der Waals surface area contributed by atoms with Gasteiger partial charge in [-0.15, -0.1) is 0 Å². The first kappa shape index (κ1) is 15.6. The summed E-state index contributed by atoms with van der Waals surface area (Å²) >= 11 is 0. The van der Waals surface area contributed by atoms with Crippen molar-refractivity contribution in [2.45, 2.75) is 57.0 Å². The molecule has 3 atom stereocenters. The van der Waals surface area contributed by atoms with Gasteiger partial charge in [0.15, 0.2) is 0 Å². The van der Waals surface area contributed by atoms with Gasteiger partial charge < -0.3 is 21.1 Å². The summed E-state index contributed by atoms with van der Waals surface area (Å²) in [5.74, 6) is -0.707. The van der Waals surface area contributed by atoms with Gasteiger partial charge in [-0.3, -0.25) is 4.79 Å². The molecule has 0 aromatic heterocycles. The smallest absolute Gasteiger partial charge is 0.329 e. The minimum absolute atomic E-state index is 0.0171. The molecule has 1 heterocycles. The van der Waals surface area contributed by atoms with E-state index >= 15 is 0 Å². The average Bonchev–Trinajstić information content (AvgIpc) is 2.41. The van der Waals surface area contributed by atoms with Crippen molar-refractivity contribution in [3.8, 4) is 0 Å². The first-order valence-corrected chi connectivity index (χ1v) is 7.50. The van der Waals surface area contributed by atoms with E-state index in [1.54, 1.807) is 0 Å². The van der Waals surface area contributed by atoms with E-state index in [1.807, 2.05) is 6.92 Å². The normalized spacial score (nSPS) is 32.9. The Bertz CT molecular complexity index is 430. The summed E-state index contributed by atoms with van der Waals surface area (Å²) in [6.07, 6.45) is 3.67. The highest BCUT2D eigenvalue weighted by Gasteiger charge is 2.43. The predicted molar refractivity (Wildman–Crippen MR) is 75.7 cm³/mol. The molecule has 1 aliphatic carbocycles. The van der Waals surface area contributed by atoms with Gasteiger partial charge in [0.25, 0.3) is 0 Å². The molecule has 0 bridgehead atoms. The quantitative estimate of drug-likeness (QED) is 0.611. The number of aliphatic carboxylic acids is 1. The Morgan fingerprint density at radius 1 is 1.38 bits per heavy atom. The van der Waals surface area contributed by atoms with Crippen LogP contribution in [-0.2, 0) is 9.59 Å². The van der Waals surface area contributed by atoms with Gasteiger partial charge in [0, 0.05) is 19.0 Å². The van der Waals surface area contributed by atoms with Crippen LogP contribution in [0.2, 0.25) is 0 Å². The second-order valence-electron chi connectivity index (χ2n) is 6.23. The van der Waals surface area contributed by atoms with Crippen LogP contribution in [0.3, 0.4) is 0 Å². The van der Waals surface area contributed by atoms with E-state index in [4.69, 9.17) is 0 Å². The zero-order valence-electron chi connectivity index (χ0n) is 12.3. The Morgan fingerprint density at radius 3 is 2.71 bits per heavy atom. The Kier molecular flexibility index (Phi) is 4.69. The molecular weight excluding hydrogens is 274 g/mol. The fourth-order valence-corrected chi connectivity index (χ4v) is 3.21. The number of carbonyl (C=O) groups is 3. The van der Waals surface area contributed by atoms with E-state index in [9.17, 15) is 19.5 Å². The highest BCUT2D eigenvalue weighted by Crippen LogP contribution is 2.32. The number of nitrogens with one attached hydrogen (secondary N) is 3. The summed E-state index contributed by atoms with van der Waals surface area (Å²) in [6, 6.07) is -0.609. The highest BCUT2D eigenvalue weighted by molar-refractivity contribution is 5.86. The molecule has 0 spiro atoms. The maximum absolute atomic E-state index is 12.1. The lowest BCUT2D eigenvalue weighted by Gasteiger charge is -2.37. The van der Waals surface area contributed by atoms with Crippen LogP contribution in [0, 0.1) is 5.92 Å². The molecule has 7 heteroatoms. The number of amides is 3. The lowest BCUT2D eigenvalue weighted by atomic mass is 9.76. The summed E-state index contributed by atoms with van der Waals surface area (Å²) < 4.78 is 0. The summed E-state index contributed by atoms with van der Waals surface area (Å²) in [4.78, 5) is 34.7. The molecule has 118 valence electrons. The van der Waals surface area contributed by atoms with Crippen LogP contribution >= 0.6 is 0 Å². The molecule has 2 rings (SSSR count). The van der Waals surface area contributed by atoms with Crippen molar-refractivity contribution in [2.24, 2.45) is 5.92 Å². The molecule has 7 nitrogen and oxygen atoms in total. The molecule has 0 aromatic carbocycles. The minimum Gasteiger partial charge on any atom is -0.480 e. The molecule has 3 unspecified atom stereocenters. The monoisotopic (exact) mass is 297 g/mol. The zero-order valence-corrected chi connectivity index (χ0v) is 12.3. The van der Waals surface area contributed by atoms with Gasteiger partial charge in [-0.2, -0.15) is 0 Å².